The predicted octanol–water partition coefficient (Wildman–Crippen LogP) is 2.92. The van der Waals surface area contributed by atoms with Crippen molar-refractivity contribution >= 4 is 22.7 Å². The maximum atomic E-state index is 12.7. The molecule has 7 nitrogen and oxygen atoms in total. The lowest BCUT2D eigenvalue weighted by molar-refractivity contribution is -0.123. The summed E-state index contributed by atoms with van der Waals surface area (Å²) in [5.41, 5.74) is 4.48. The van der Waals surface area contributed by atoms with Crippen LogP contribution in [0.5, 0.6) is 5.75 Å². The molecular weight excluding hydrogens is 380 g/mol. The average molecular weight is 409 g/mol. The Morgan fingerprint density at radius 1 is 1.10 bits per heavy atom. The highest BCUT2D eigenvalue weighted by molar-refractivity contribution is 5.98. The van der Waals surface area contributed by atoms with Crippen LogP contribution in [0.3, 0.4) is 0 Å². The van der Waals surface area contributed by atoms with Crippen molar-refractivity contribution in [3.8, 4) is 5.75 Å². The molecule has 0 unspecified atom stereocenters. The van der Waals surface area contributed by atoms with Gasteiger partial charge in [-0.25, -0.2) is 5.84 Å². The Hall–Kier alpha value is -3.32. The molecule has 3 aromatic rings. The molecule has 0 aliphatic rings. The molecule has 2 aromatic carbocycles. The minimum absolute atomic E-state index is 0.315. The zero-order chi connectivity index (χ0) is 21.5. The Morgan fingerprint density at radius 2 is 1.83 bits per heavy atom. The van der Waals surface area contributed by atoms with Crippen molar-refractivity contribution in [1.29, 1.82) is 0 Å². The number of fused-ring (bicyclic) bond motifs is 1. The van der Waals surface area contributed by atoms with E-state index in [1.165, 1.54) is 0 Å². The molecule has 0 saturated carbocycles. The molecule has 0 radical (unpaired) electrons. The maximum absolute atomic E-state index is 12.7. The predicted molar refractivity (Wildman–Crippen MR) is 117 cm³/mol. The third-order valence-electron chi connectivity index (χ3n) is 4.94. The lowest BCUT2D eigenvalue weighted by atomic mass is 10.0. The number of hydrogen-bond acceptors (Lipinski definition) is 4. The molecule has 0 aliphatic heterocycles. The quantitative estimate of drug-likeness (QED) is 0.248. The first-order chi connectivity index (χ1) is 14.5. The average Bonchev–Trinajstić information content (AvgIpc) is 3.16. The summed E-state index contributed by atoms with van der Waals surface area (Å²) in [6.07, 6.45) is 3.12. The van der Waals surface area contributed by atoms with Gasteiger partial charge in [-0.1, -0.05) is 32.0 Å². The van der Waals surface area contributed by atoms with Gasteiger partial charge in [-0.15, -0.1) is 0 Å². The molecule has 1 heterocycles. The number of aromatic nitrogens is 1. The first-order valence-corrected chi connectivity index (χ1v) is 10.1. The topological polar surface area (TPSA) is 109 Å². The molecule has 1 aromatic heterocycles. The van der Waals surface area contributed by atoms with Crippen molar-refractivity contribution in [1.82, 2.24) is 15.7 Å². The van der Waals surface area contributed by atoms with Crippen LogP contribution < -0.4 is 21.3 Å². The van der Waals surface area contributed by atoms with E-state index in [1.54, 1.807) is 24.3 Å². The van der Waals surface area contributed by atoms with Gasteiger partial charge in [0.25, 0.3) is 11.8 Å². The number of hydrogen-bond donors (Lipinski definition) is 4. The third kappa shape index (κ3) is 5.39. The highest BCUT2D eigenvalue weighted by Crippen LogP contribution is 2.19. The summed E-state index contributed by atoms with van der Waals surface area (Å²) in [4.78, 5) is 28.2. The van der Waals surface area contributed by atoms with Crippen molar-refractivity contribution in [2.75, 3.05) is 6.61 Å². The summed E-state index contributed by atoms with van der Waals surface area (Å²) in [6, 6.07) is 13.9. The van der Waals surface area contributed by atoms with Crippen LogP contribution in [0.1, 0.15) is 36.2 Å². The molecule has 0 bridgehead atoms. The lowest BCUT2D eigenvalue weighted by Crippen LogP contribution is -2.50. The summed E-state index contributed by atoms with van der Waals surface area (Å²) in [6.45, 7) is 4.91. The second-order valence-corrected chi connectivity index (χ2v) is 7.65. The van der Waals surface area contributed by atoms with E-state index in [2.05, 4.69) is 29.6 Å². The number of carbonyl (C=O) groups excluding carboxylic acids is 2. The monoisotopic (exact) mass is 408 g/mol. The molecule has 30 heavy (non-hydrogen) atoms. The standard InChI is InChI=1S/C23H28N4O3/c1-15(2)11-12-30-18-9-7-16(8-10-18)22(28)26-21(23(29)27-24)13-17-14-25-20-6-4-3-5-19(17)20/h3-10,14-15,21,25H,11-13,24H2,1-2H3,(H,26,28)(H,27,29)/t21-/m1/s1. The van der Waals surface area contributed by atoms with Crippen molar-refractivity contribution in [2.24, 2.45) is 11.8 Å². The van der Waals surface area contributed by atoms with Gasteiger partial charge in [-0.3, -0.25) is 15.0 Å². The van der Waals surface area contributed by atoms with Gasteiger partial charge in [-0.05, 0) is 48.2 Å². The fourth-order valence-electron chi connectivity index (χ4n) is 3.19. The van der Waals surface area contributed by atoms with Crippen LogP contribution in [0, 0.1) is 5.92 Å². The Morgan fingerprint density at radius 3 is 2.53 bits per heavy atom. The molecular formula is C23H28N4O3. The molecule has 3 rings (SSSR count). The van der Waals surface area contributed by atoms with Crippen molar-refractivity contribution in [2.45, 2.75) is 32.7 Å². The number of aromatic amines is 1. The Kier molecular flexibility index (Phi) is 7.08. The van der Waals surface area contributed by atoms with Crippen LogP contribution in [0.2, 0.25) is 0 Å². The van der Waals surface area contributed by atoms with E-state index in [0.29, 0.717) is 30.3 Å². The van der Waals surface area contributed by atoms with Gasteiger partial charge in [-0.2, -0.15) is 0 Å². The van der Waals surface area contributed by atoms with Crippen LogP contribution in [-0.2, 0) is 11.2 Å². The molecule has 0 aliphatic carbocycles. The van der Waals surface area contributed by atoms with E-state index in [1.807, 2.05) is 30.5 Å². The van der Waals surface area contributed by atoms with Crippen molar-refractivity contribution in [3.63, 3.8) is 0 Å². The minimum Gasteiger partial charge on any atom is -0.494 e. The second-order valence-electron chi connectivity index (χ2n) is 7.65. The number of nitrogens with two attached hydrogens (primary N) is 1. The normalized spacial score (nSPS) is 12.0. The highest BCUT2D eigenvalue weighted by atomic mass is 16.5. The zero-order valence-electron chi connectivity index (χ0n) is 17.3. The number of carbonyl (C=O) groups is 2. The van der Waals surface area contributed by atoms with Crippen LogP contribution in [0.4, 0.5) is 0 Å². The van der Waals surface area contributed by atoms with Gasteiger partial charge in [0, 0.05) is 29.1 Å². The van der Waals surface area contributed by atoms with Crippen LogP contribution in [-0.4, -0.2) is 29.4 Å². The van der Waals surface area contributed by atoms with Gasteiger partial charge in [0.15, 0.2) is 0 Å². The largest absolute Gasteiger partial charge is 0.494 e. The van der Waals surface area contributed by atoms with E-state index < -0.39 is 11.9 Å². The number of para-hydroxylation sites is 1. The molecule has 2 amide bonds. The second kappa shape index (κ2) is 9.93. The molecule has 0 spiro atoms. The third-order valence-corrected chi connectivity index (χ3v) is 4.94. The summed E-state index contributed by atoms with van der Waals surface area (Å²) in [7, 11) is 0. The van der Waals surface area contributed by atoms with E-state index in [4.69, 9.17) is 10.6 Å². The number of ether oxygens (including phenoxy) is 1. The van der Waals surface area contributed by atoms with E-state index in [9.17, 15) is 9.59 Å². The van der Waals surface area contributed by atoms with E-state index >= 15 is 0 Å². The summed E-state index contributed by atoms with van der Waals surface area (Å²) in [5.74, 6) is 5.81. The summed E-state index contributed by atoms with van der Waals surface area (Å²) in [5, 5.41) is 3.78. The van der Waals surface area contributed by atoms with Gasteiger partial charge in [0.05, 0.1) is 6.61 Å². The fourth-order valence-corrected chi connectivity index (χ4v) is 3.19. The Bertz CT molecular complexity index is 995. The first kappa shape index (κ1) is 21.4. The van der Waals surface area contributed by atoms with E-state index in [0.717, 1.165) is 22.9 Å². The maximum Gasteiger partial charge on any atom is 0.256 e. The molecule has 5 N–H and O–H groups in total. The molecule has 7 heteroatoms. The Labute approximate surface area is 176 Å². The van der Waals surface area contributed by atoms with Crippen LogP contribution in [0.25, 0.3) is 10.9 Å². The molecule has 158 valence electrons. The summed E-state index contributed by atoms with van der Waals surface area (Å²) >= 11 is 0. The molecule has 1 atom stereocenters. The number of hydrazine groups is 1. The van der Waals surface area contributed by atoms with Crippen LogP contribution in [0.15, 0.2) is 54.7 Å². The molecule has 0 saturated heterocycles. The number of nitrogens with one attached hydrogen (secondary N) is 3. The fraction of sp³-hybridized carbons (Fsp3) is 0.304. The molecule has 0 fully saturated rings. The zero-order valence-corrected chi connectivity index (χ0v) is 17.3. The number of amides is 2. The Balaban J connectivity index is 1.67. The van der Waals surface area contributed by atoms with Crippen molar-refractivity contribution in [3.05, 3.63) is 65.9 Å². The highest BCUT2D eigenvalue weighted by Gasteiger charge is 2.22. The van der Waals surface area contributed by atoms with Gasteiger partial charge in [0.2, 0.25) is 0 Å². The van der Waals surface area contributed by atoms with Gasteiger partial charge < -0.3 is 15.0 Å². The first-order valence-electron chi connectivity index (χ1n) is 10.1. The van der Waals surface area contributed by atoms with Gasteiger partial charge >= 0.3 is 0 Å². The SMILES string of the molecule is CC(C)CCOc1ccc(C(=O)N[C@H](Cc2c[nH]c3ccccc23)C(=O)NN)cc1. The number of H-pyrrole nitrogens is 1. The smallest absolute Gasteiger partial charge is 0.256 e. The van der Waals surface area contributed by atoms with E-state index in [-0.39, 0.29) is 5.91 Å². The van der Waals surface area contributed by atoms with Crippen LogP contribution >= 0.6 is 0 Å². The number of benzene rings is 2. The lowest BCUT2D eigenvalue weighted by Gasteiger charge is -2.17. The summed E-state index contributed by atoms with van der Waals surface area (Å²) < 4.78 is 5.68. The minimum atomic E-state index is -0.802. The number of rotatable bonds is 9. The van der Waals surface area contributed by atoms with Gasteiger partial charge in [0.1, 0.15) is 11.8 Å². The van der Waals surface area contributed by atoms with Crippen molar-refractivity contribution < 1.29 is 14.3 Å².